The highest BCUT2D eigenvalue weighted by Gasteiger charge is 2.18. The Labute approximate surface area is 132 Å². The number of benzene rings is 1. The van der Waals surface area contributed by atoms with Gasteiger partial charge in [-0.15, -0.1) is 11.3 Å². The molecule has 0 saturated carbocycles. The van der Waals surface area contributed by atoms with E-state index in [-0.39, 0.29) is 4.21 Å². The van der Waals surface area contributed by atoms with Crippen molar-refractivity contribution in [2.24, 2.45) is 0 Å². The Hall–Kier alpha value is -0.570. The number of aryl methyl sites for hydroxylation is 1. The fourth-order valence-corrected chi connectivity index (χ4v) is 5.01. The zero-order chi connectivity index (χ0) is 14.2. The smallest absolute Gasteiger partial charge is 0.271 e. The summed E-state index contributed by atoms with van der Waals surface area (Å²) >= 11 is 7.76. The van der Waals surface area contributed by atoms with Crippen LogP contribution in [0.5, 0.6) is 0 Å². The van der Waals surface area contributed by atoms with E-state index in [4.69, 9.17) is 5.73 Å². The molecule has 1 aromatic carbocycles. The van der Waals surface area contributed by atoms with Gasteiger partial charge in [0.05, 0.1) is 9.47 Å². The van der Waals surface area contributed by atoms with Gasteiger partial charge in [-0.2, -0.15) is 0 Å². The maximum atomic E-state index is 12.2. The van der Waals surface area contributed by atoms with Crippen LogP contribution in [0.3, 0.4) is 0 Å². The molecular formula is C11H10Br2N2O2S2. The Morgan fingerprint density at radius 2 is 1.95 bits per heavy atom. The Morgan fingerprint density at radius 3 is 2.47 bits per heavy atom. The first-order valence-corrected chi connectivity index (χ1v) is 9.02. The zero-order valence-corrected chi connectivity index (χ0v) is 14.6. The van der Waals surface area contributed by atoms with E-state index in [1.807, 2.05) is 6.92 Å². The van der Waals surface area contributed by atoms with E-state index in [0.717, 1.165) is 9.35 Å². The number of halogens is 2. The fourth-order valence-electron chi connectivity index (χ4n) is 1.36. The van der Waals surface area contributed by atoms with E-state index in [9.17, 15) is 8.42 Å². The van der Waals surface area contributed by atoms with Gasteiger partial charge in [-0.25, -0.2) is 8.42 Å². The van der Waals surface area contributed by atoms with E-state index in [2.05, 4.69) is 36.6 Å². The Balaban J connectivity index is 2.33. The average Bonchev–Trinajstić information content (AvgIpc) is 2.65. The van der Waals surface area contributed by atoms with Crippen LogP contribution in [0.4, 0.5) is 11.4 Å². The van der Waals surface area contributed by atoms with E-state index in [1.165, 1.54) is 11.3 Å². The molecule has 3 N–H and O–H groups in total. The van der Waals surface area contributed by atoms with Crippen molar-refractivity contribution in [3.05, 3.63) is 38.1 Å². The third-order valence-electron chi connectivity index (χ3n) is 2.35. The molecule has 8 heteroatoms. The number of sulfonamides is 1. The Kier molecular flexibility index (Phi) is 4.24. The predicted molar refractivity (Wildman–Crippen MR) is 86.1 cm³/mol. The molecule has 102 valence electrons. The van der Waals surface area contributed by atoms with Crippen molar-refractivity contribution in [2.75, 3.05) is 10.5 Å². The molecule has 0 bridgehead atoms. The van der Waals surface area contributed by atoms with Crippen LogP contribution in [0.1, 0.15) is 5.56 Å². The first-order valence-electron chi connectivity index (χ1n) is 5.13. The molecule has 0 atom stereocenters. The second-order valence-corrected chi connectivity index (χ2v) is 9.00. The lowest BCUT2D eigenvalue weighted by atomic mass is 10.3. The minimum absolute atomic E-state index is 0.268. The van der Waals surface area contributed by atoms with Gasteiger partial charge in [0.25, 0.3) is 10.0 Å². The molecule has 0 saturated heterocycles. The summed E-state index contributed by atoms with van der Waals surface area (Å²) in [4.78, 5) is 0. The molecule has 0 radical (unpaired) electrons. The number of nitrogens with two attached hydrogens (primary N) is 1. The monoisotopic (exact) mass is 424 g/mol. The van der Waals surface area contributed by atoms with Crippen molar-refractivity contribution < 1.29 is 8.42 Å². The van der Waals surface area contributed by atoms with Gasteiger partial charge in [0.1, 0.15) is 4.21 Å². The van der Waals surface area contributed by atoms with Gasteiger partial charge in [-0.05, 0) is 68.6 Å². The zero-order valence-electron chi connectivity index (χ0n) is 9.78. The van der Waals surface area contributed by atoms with Crippen LogP contribution >= 0.6 is 43.2 Å². The maximum Gasteiger partial charge on any atom is 0.271 e. The molecule has 4 nitrogen and oxygen atoms in total. The van der Waals surface area contributed by atoms with Crippen LogP contribution in [0.15, 0.2) is 36.7 Å². The summed E-state index contributed by atoms with van der Waals surface area (Å²) in [6.07, 6.45) is 0. The number of nitrogens with one attached hydrogen (secondary N) is 1. The molecule has 0 unspecified atom stereocenters. The van der Waals surface area contributed by atoms with E-state index >= 15 is 0 Å². The SMILES string of the molecule is Cc1cc(S(=O)(=O)Nc2ccc(N)c(Br)c2)sc1Br. The molecular weight excluding hydrogens is 416 g/mol. The third kappa shape index (κ3) is 3.31. The van der Waals surface area contributed by atoms with Gasteiger partial charge in [0, 0.05) is 10.2 Å². The highest BCUT2D eigenvalue weighted by Crippen LogP contribution is 2.32. The number of thiophene rings is 1. The molecule has 2 aromatic rings. The molecule has 0 fully saturated rings. The number of hydrogen-bond acceptors (Lipinski definition) is 4. The van der Waals surface area contributed by atoms with Crippen molar-refractivity contribution in [1.82, 2.24) is 0 Å². The van der Waals surface area contributed by atoms with Crippen molar-refractivity contribution in [3.8, 4) is 0 Å². The summed E-state index contributed by atoms with van der Waals surface area (Å²) in [5.74, 6) is 0. The topological polar surface area (TPSA) is 72.2 Å². The summed E-state index contributed by atoms with van der Waals surface area (Å²) in [6.45, 7) is 1.85. The normalized spacial score (nSPS) is 11.5. The molecule has 0 aliphatic heterocycles. The lowest BCUT2D eigenvalue weighted by molar-refractivity contribution is 0.603. The van der Waals surface area contributed by atoms with Gasteiger partial charge >= 0.3 is 0 Å². The van der Waals surface area contributed by atoms with Crippen molar-refractivity contribution in [3.63, 3.8) is 0 Å². The third-order valence-corrected chi connectivity index (χ3v) is 7.03. The van der Waals surface area contributed by atoms with Crippen LogP contribution in [-0.4, -0.2) is 8.42 Å². The summed E-state index contributed by atoms with van der Waals surface area (Å²) in [6, 6.07) is 6.51. The molecule has 0 spiro atoms. The molecule has 0 aliphatic rings. The summed E-state index contributed by atoms with van der Waals surface area (Å²) in [5.41, 5.74) is 7.57. The molecule has 2 rings (SSSR count). The van der Waals surface area contributed by atoms with E-state index in [0.29, 0.717) is 15.8 Å². The average molecular weight is 426 g/mol. The van der Waals surface area contributed by atoms with Gasteiger partial charge < -0.3 is 5.73 Å². The standard InChI is InChI=1S/C11H10Br2N2O2S2/c1-6-4-10(18-11(6)13)19(16,17)15-7-2-3-9(14)8(12)5-7/h2-5,15H,14H2,1H3. The Morgan fingerprint density at radius 1 is 1.26 bits per heavy atom. The van der Waals surface area contributed by atoms with Crippen molar-refractivity contribution in [2.45, 2.75) is 11.1 Å². The second kappa shape index (κ2) is 5.43. The summed E-state index contributed by atoms with van der Waals surface area (Å²) < 4.78 is 28.6. The minimum Gasteiger partial charge on any atom is -0.398 e. The summed E-state index contributed by atoms with van der Waals surface area (Å²) in [7, 11) is -3.57. The molecule has 0 aliphatic carbocycles. The van der Waals surface area contributed by atoms with Gasteiger partial charge in [0.2, 0.25) is 0 Å². The number of anilines is 2. The number of hydrogen-bond donors (Lipinski definition) is 2. The number of rotatable bonds is 3. The van der Waals surface area contributed by atoms with E-state index < -0.39 is 10.0 Å². The molecule has 19 heavy (non-hydrogen) atoms. The molecule has 1 aromatic heterocycles. The second-order valence-electron chi connectivity index (χ2n) is 3.86. The van der Waals surface area contributed by atoms with Crippen LogP contribution < -0.4 is 10.5 Å². The van der Waals surface area contributed by atoms with Crippen LogP contribution in [0, 0.1) is 6.92 Å². The molecule has 0 amide bonds. The Bertz CT molecular complexity index is 707. The number of nitrogen functional groups attached to an aromatic ring is 1. The summed E-state index contributed by atoms with van der Waals surface area (Å²) in [5, 5.41) is 0. The maximum absolute atomic E-state index is 12.2. The highest BCUT2D eigenvalue weighted by molar-refractivity contribution is 9.11. The van der Waals surface area contributed by atoms with Gasteiger partial charge in [0.15, 0.2) is 0 Å². The van der Waals surface area contributed by atoms with E-state index in [1.54, 1.807) is 24.3 Å². The van der Waals surface area contributed by atoms with Gasteiger partial charge in [-0.3, -0.25) is 4.72 Å². The largest absolute Gasteiger partial charge is 0.398 e. The van der Waals surface area contributed by atoms with Crippen LogP contribution in [-0.2, 0) is 10.0 Å². The van der Waals surface area contributed by atoms with Crippen molar-refractivity contribution >= 4 is 64.6 Å². The van der Waals surface area contributed by atoms with Crippen molar-refractivity contribution in [1.29, 1.82) is 0 Å². The first-order chi connectivity index (χ1) is 8.79. The van der Waals surface area contributed by atoms with Gasteiger partial charge in [-0.1, -0.05) is 0 Å². The van der Waals surface area contributed by atoms with Crippen LogP contribution in [0.2, 0.25) is 0 Å². The predicted octanol–water partition coefficient (Wildman–Crippen LogP) is 3.96. The lowest BCUT2D eigenvalue weighted by Gasteiger charge is -2.07. The first kappa shape index (κ1) is 14.8. The lowest BCUT2D eigenvalue weighted by Crippen LogP contribution is -2.11. The molecule has 1 heterocycles. The van der Waals surface area contributed by atoms with Crippen LogP contribution in [0.25, 0.3) is 0 Å². The highest BCUT2D eigenvalue weighted by atomic mass is 79.9. The minimum atomic E-state index is -3.57. The quantitative estimate of drug-likeness (QED) is 0.730. The fraction of sp³-hybridized carbons (Fsp3) is 0.0909.